The first-order valence-corrected chi connectivity index (χ1v) is 8.34. The van der Waals surface area contributed by atoms with Gasteiger partial charge in [-0.15, -0.1) is 0 Å². The van der Waals surface area contributed by atoms with E-state index in [0.29, 0.717) is 6.61 Å². The summed E-state index contributed by atoms with van der Waals surface area (Å²) in [4.78, 5) is 11.0. The smallest absolute Gasteiger partial charge is 0.330 e. The van der Waals surface area contributed by atoms with Gasteiger partial charge in [-0.1, -0.05) is 43.8 Å². The fourth-order valence-electron chi connectivity index (χ4n) is 2.92. The van der Waals surface area contributed by atoms with Crippen LogP contribution >= 0.6 is 0 Å². The normalized spacial score (nSPS) is 12.8. The number of nitrogens with zero attached hydrogens (tertiary/aromatic N) is 1. The monoisotopic (exact) mass is 431 g/mol. The number of hydrogen-bond acceptors (Lipinski definition) is 2. The Morgan fingerprint density at radius 2 is 1.87 bits per heavy atom. The third kappa shape index (κ3) is 8.51. The molecule has 1 rings (SSSR count). The Kier molecular flexibility index (Phi) is 12.1. The number of benzene rings is 1. The predicted octanol–water partition coefficient (Wildman–Crippen LogP) is 0.947. The number of unbranched alkanes of at least 4 members (excludes halogenated alkanes) is 1. The van der Waals surface area contributed by atoms with Gasteiger partial charge in [0.1, 0.15) is 6.54 Å². The maximum Gasteiger partial charge on any atom is 0.330 e. The Bertz CT molecular complexity index is 450. The lowest BCUT2D eigenvalue weighted by Gasteiger charge is -2.38. The van der Waals surface area contributed by atoms with E-state index in [0.717, 1.165) is 37.0 Å². The highest BCUT2D eigenvalue weighted by molar-refractivity contribution is 5.81. The molecule has 0 bridgehead atoms. The van der Waals surface area contributed by atoms with E-state index in [9.17, 15) is 4.79 Å². The first-order valence-electron chi connectivity index (χ1n) is 8.34. The summed E-state index contributed by atoms with van der Waals surface area (Å²) in [5, 5.41) is 0. The predicted molar refractivity (Wildman–Crippen MR) is 91.4 cm³/mol. The van der Waals surface area contributed by atoms with Crippen LogP contribution in [0.15, 0.2) is 43.0 Å². The average Bonchev–Trinajstić information content (AvgIpc) is 2.55. The molecule has 0 amide bonds. The third-order valence-corrected chi connectivity index (χ3v) is 4.17. The van der Waals surface area contributed by atoms with Gasteiger partial charge >= 0.3 is 5.97 Å². The summed E-state index contributed by atoms with van der Waals surface area (Å²) in [5.41, 5.74) is 1.40. The Morgan fingerprint density at radius 3 is 2.43 bits per heavy atom. The topological polar surface area (TPSA) is 26.3 Å². The van der Waals surface area contributed by atoms with Gasteiger partial charge in [-0.05, 0) is 26.2 Å². The molecule has 0 heterocycles. The molecule has 0 radical (unpaired) electrons. The van der Waals surface area contributed by atoms with E-state index in [1.165, 1.54) is 24.6 Å². The van der Waals surface area contributed by atoms with Gasteiger partial charge in [0.2, 0.25) is 0 Å². The highest BCUT2D eigenvalue weighted by atomic mass is 127. The van der Waals surface area contributed by atoms with Crippen molar-refractivity contribution in [2.75, 3.05) is 26.2 Å². The van der Waals surface area contributed by atoms with Crippen LogP contribution in [0.25, 0.3) is 0 Å². The van der Waals surface area contributed by atoms with Gasteiger partial charge in [-0.2, -0.15) is 0 Å². The molecular formula is C19H30INO2. The van der Waals surface area contributed by atoms with Crippen molar-refractivity contribution < 1.29 is 38.0 Å². The fraction of sp³-hybridized carbons (Fsp3) is 0.526. The maximum atomic E-state index is 11.0. The average molecular weight is 431 g/mol. The minimum atomic E-state index is -0.325. The second-order valence-corrected chi connectivity index (χ2v) is 5.83. The largest absolute Gasteiger partial charge is 1.00 e. The number of ether oxygens (including phenoxy) is 1. The number of carbonyl (C=O) groups excluding carboxylic acids is 1. The SMILES string of the molecule is C=CC(=O)OCCCC[N+](CC)(CCC)Cc1ccccc1.[I-]. The quantitative estimate of drug-likeness (QED) is 0.172. The number of carbonyl (C=O) groups is 1. The van der Waals surface area contributed by atoms with Crippen LogP contribution in [0.4, 0.5) is 0 Å². The number of esters is 1. The molecule has 0 aliphatic carbocycles. The zero-order valence-electron chi connectivity index (χ0n) is 14.5. The summed E-state index contributed by atoms with van der Waals surface area (Å²) < 4.78 is 6.16. The Morgan fingerprint density at radius 1 is 1.17 bits per heavy atom. The number of rotatable bonds is 11. The van der Waals surface area contributed by atoms with Crippen molar-refractivity contribution in [1.29, 1.82) is 0 Å². The third-order valence-electron chi connectivity index (χ3n) is 4.17. The van der Waals surface area contributed by atoms with E-state index in [-0.39, 0.29) is 29.9 Å². The molecule has 1 unspecified atom stereocenters. The van der Waals surface area contributed by atoms with Gasteiger partial charge in [-0.3, -0.25) is 0 Å². The second-order valence-electron chi connectivity index (χ2n) is 5.83. The van der Waals surface area contributed by atoms with E-state index < -0.39 is 0 Å². The van der Waals surface area contributed by atoms with Crippen LogP contribution in [0.5, 0.6) is 0 Å². The molecule has 0 aliphatic heterocycles. The highest BCUT2D eigenvalue weighted by Gasteiger charge is 2.24. The summed E-state index contributed by atoms with van der Waals surface area (Å²) in [5.74, 6) is -0.325. The first-order chi connectivity index (χ1) is 10.7. The molecule has 0 spiro atoms. The summed E-state index contributed by atoms with van der Waals surface area (Å²) in [7, 11) is 0. The molecule has 0 aliphatic rings. The molecule has 0 aromatic heterocycles. The van der Waals surface area contributed by atoms with E-state index in [1.54, 1.807) is 0 Å². The summed E-state index contributed by atoms with van der Waals surface area (Å²) in [6, 6.07) is 10.7. The van der Waals surface area contributed by atoms with Crippen molar-refractivity contribution >= 4 is 5.97 Å². The zero-order chi connectivity index (χ0) is 16.3. The molecule has 3 nitrogen and oxygen atoms in total. The molecule has 23 heavy (non-hydrogen) atoms. The zero-order valence-corrected chi connectivity index (χ0v) is 16.6. The summed E-state index contributed by atoms with van der Waals surface area (Å²) >= 11 is 0. The van der Waals surface area contributed by atoms with Gasteiger partial charge in [0, 0.05) is 11.6 Å². The van der Waals surface area contributed by atoms with Crippen LogP contribution in [-0.4, -0.2) is 36.7 Å². The molecule has 0 saturated carbocycles. The first kappa shape index (κ1) is 22.1. The van der Waals surface area contributed by atoms with Crippen molar-refractivity contribution in [2.24, 2.45) is 0 Å². The van der Waals surface area contributed by atoms with E-state index >= 15 is 0 Å². The molecule has 0 N–H and O–H groups in total. The van der Waals surface area contributed by atoms with Crippen LogP contribution in [0.3, 0.4) is 0 Å². The van der Waals surface area contributed by atoms with Gasteiger partial charge in [0.05, 0.1) is 26.2 Å². The molecule has 130 valence electrons. The van der Waals surface area contributed by atoms with Crippen LogP contribution in [-0.2, 0) is 16.1 Å². The lowest BCUT2D eigenvalue weighted by molar-refractivity contribution is -0.939. The molecule has 1 atom stereocenters. The number of quaternary nitrogens is 1. The van der Waals surface area contributed by atoms with Crippen LogP contribution in [0, 0.1) is 0 Å². The molecule has 1 aromatic carbocycles. The van der Waals surface area contributed by atoms with Gasteiger partial charge in [0.25, 0.3) is 0 Å². The highest BCUT2D eigenvalue weighted by Crippen LogP contribution is 2.17. The lowest BCUT2D eigenvalue weighted by Crippen LogP contribution is -3.00. The fourth-order valence-corrected chi connectivity index (χ4v) is 2.92. The molecule has 0 fully saturated rings. The maximum absolute atomic E-state index is 11.0. The van der Waals surface area contributed by atoms with Gasteiger partial charge in [0.15, 0.2) is 0 Å². The van der Waals surface area contributed by atoms with Crippen molar-refractivity contribution in [3.8, 4) is 0 Å². The molecular weight excluding hydrogens is 401 g/mol. The van der Waals surface area contributed by atoms with Crippen molar-refractivity contribution in [1.82, 2.24) is 0 Å². The van der Waals surface area contributed by atoms with Crippen molar-refractivity contribution in [2.45, 2.75) is 39.7 Å². The molecule has 4 heteroatoms. The Labute approximate surface area is 158 Å². The Balaban J connectivity index is 0.00000484. The summed E-state index contributed by atoms with van der Waals surface area (Å²) in [6.07, 6.45) is 4.40. The van der Waals surface area contributed by atoms with Gasteiger partial charge < -0.3 is 33.2 Å². The number of hydrogen-bond donors (Lipinski definition) is 0. The second kappa shape index (κ2) is 12.5. The number of halogens is 1. The molecule has 1 aromatic rings. The van der Waals surface area contributed by atoms with Gasteiger partial charge in [-0.25, -0.2) is 4.79 Å². The van der Waals surface area contributed by atoms with Crippen molar-refractivity contribution in [3.63, 3.8) is 0 Å². The van der Waals surface area contributed by atoms with Crippen LogP contribution in [0.2, 0.25) is 0 Å². The standard InChI is InChI=1S/C19H30NO2.HI/c1-4-14-20(6-3,17-18-12-8-7-9-13-18)15-10-11-16-22-19(21)5-2;/h5,7-9,12-13H,2,4,6,10-11,14-17H2,1,3H3;1H/q+1;/p-1. The Hall–Kier alpha value is -0.880. The minimum Gasteiger partial charge on any atom is -1.00 e. The lowest BCUT2D eigenvalue weighted by atomic mass is 10.1. The summed E-state index contributed by atoms with van der Waals surface area (Å²) in [6.45, 7) is 13.0. The van der Waals surface area contributed by atoms with Crippen molar-refractivity contribution in [3.05, 3.63) is 48.6 Å². The van der Waals surface area contributed by atoms with E-state index in [2.05, 4.69) is 50.8 Å². The van der Waals surface area contributed by atoms with Crippen LogP contribution < -0.4 is 24.0 Å². The minimum absolute atomic E-state index is 0. The van der Waals surface area contributed by atoms with E-state index in [4.69, 9.17) is 4.74 Å². The molecule has 0 saturated heterocycles. The van der Waals surface area contributed by atoms with E-state index in [1.807, 2.05) is 0 Å². The van der Waals surface area contributed by atoms with Crippen LogP contribution in [0.1, 0.15) is 38.7 Å².